The molecule has 0 fully saturated rings. The van der Waals surface area contributed by atoms with Gasteiger partial charge in [0.15, 0.2) is 0 Å². The highest BCUT2D eigenvalue weighted by molar-refractivity contribution is 5.91. The van der Waals surface area contributed by atoms with Crippen molar-refractivity contribution in [3.05, 3.63) is 59.6 Å². The van der Waals surface area contributed by atoms with Crippen LogP contribution in [0, 0.1) is 6.92 Å². The molecule has 8 nitrogen and oxygen atoms in total. The number of aromatic nitrogens is 2. The summed E-state index contributed by atoms with van der Waals surface area (Å²) in [6.45, 7) is 7.25. The third-order valence-electron chi connectivity index (χ3n) is 5.20. The van der Waals surface area contributed by atoms with E-state index in [1.807, 2.05) is 50.2 Å². The molecule has 0 unspecified atom stereocenters. The molecule has 1 heterocycles. The van der Waals surface area contributed by atoms with Crippen molar-refractivity contribution >= 4 is 23.3 Å². The van der Waals surface area contributed by atoms with Gasteiger partial charge < -0.3 is 20.4 Å². The summed E-state index contributed by atoms with van der Waals surface area (Å²) in [5.74, 6) is 0.431. The van der Waals surface area contributed by atoms with E-state index >= 15 is 0 Å². The summed E-state index contributed by atoms with van der Waals surface area (Å²) < 4.78 is 0. The Balaban J connectivity index is 1.88. The van der Waals surface area contributed by atoms with Crippen molar-refractivity contribution in [2.24, 2.45) is 0 Å². The lowest BCUT2D eigenvalue weighted by Gasteiger charge is -2.18. The molecule has 0 radical (unpaired) electrons. The highest BCUT2D eigenvalue weighted by atomic mass is 16.2. The van der Waals surface area contributed by atoms with Gasteiger partial charge in [-0.1, -0.05) is 32.1 Å². The molecule has 178 valence electrons. The van der Waals surface area contributed by atoms with Crippen molar-refractivity contribution in [2.45, 2.75) is 33.1 Å². The minimum absolute atomic E-state index is 0.0191. The molecule has 2 rings (SSSR count). The number of carbonyl (C=O) groups excluding carboxylic acids is 2. The van der Waals surface area contributed by atoms with E-state index in [1.54, 1.807) is 19.3 Å². The largest absolute Gasteiger partial charge is 0.354 e. The van der Waals surface area contributed by atoms with Crippen molar-refractivity contribution < 1.29 is 9.59 Å². The average Bonchev–Trinajstić information content (AvgIpc) is 2.77. The molecule has 1 atom stereocenters. The fourth-order valence-electron chi connectivity index (χ4n) is 3.21. The van der Waals surface area contributed by atoms with Gasteiger partial charge >= 0.3 is 0 Å². The molecule has 0 aliphatic carbocycles. The lowest BCUT2D eigenvalue weighted by atomic mass is 10.0. The molecule has 0 bridgehead atoms. The SMILES string of the molecule is CCc1ncc(Nc2cccc([C@@H](C)CNC(=O)CN(C)C(=O)/C=C/CN(C)C)c2)nc1C. The number of rotatable bonds is 11. The van der Waals surface area contributed by atoms with Crippen LogP contribution in [0.4, 0.5) is 11.5 Å². The maximum atomic E-state index is 12.3. The van der Waals surface area contributed by atoms with E-state index in [4.69, 9.17) is 0 Å². The van der Waals surface area contributed by atoms with Crippen molar-refractivity contribution in [1.82, 2.24) is 25.1 Å². The molecule has 0 aliphatic heterocycles. The Kier molecular flexibility index (Phi) is 10.00. The maximum Gasteiger partial charge on any atom is 0.246 e. The van der Waals surface area contributed by atoms with Crippen LogP contribution in [0.5, 0.6) is 0 Å². The average molecular weight is 453 g/mol. The standard InChI is InChI=1S/C25H36N6O2/c1-7-22-19(3)28-23(16-26-22)29-21-11-8-10-20(14-21)18(2)15-27-24(32)17-31(6)25(33)12-9-13-30(4)5/h8-12,14,16,18H,7,13,15,17H2,1-6H3,(H,27,32)(H,28,29)/b12-9+/t18-/m0/s1. The first kappa shape index (κ1) is 26.0. The van der Waals surface area contributed by atoms with Gasteiger partial charge in [0.05, 0.1) is 24.1 Å². The number of nitrogens with one attached hydrogen (secondary N) is 2. The van der Waals surface area contributed by atoms with Crippen LogP contribution in [0.1, 0.15) is 36.7 Å². The zero-order valence-electron chi connectivity index (χ0n) is 20.6. The molecule has 8 heteroatoms. The zero-order valence-corrected chi connectivity index (χ0v) is 20.6. The van der Waals surface area contributed by atoms with E-state index in [2.05, 4.69) is 34.4 Å². The third-order valence-corrected chi connectivity index (χ3v) is 5.20. The smallest absolute Gasteiger partial charge is 0.246 e. The molecule has 2 N–H and O–H groups in total. The lowest BCUT2D eigenvalue weighted by molar-refractivity contribution is -0.131. The summed E-state index contributed by atoms with van der Waals surface area (Å²) >= 11 is 0. The van der Waals surface area contributed by atoms with Gasteiger partial charge in [0.1, 0.15) is 5.82 Å². The first-order valence-corrected chi connectivity index (χ1v) is 11.2. The fraction of sp³-hybridized carbons (Fsp3) is 0.440. The molecular formula is C25H36N6O2. The van der Waals surface area contributed by atoms with Gasteiger partial charge in [-0.3, -0.25) is 14.6 Å². The molecular weight excluding hydrogens is 416 g/mol. The van der Waals surface area contributed by atoms with E-state index in [1.165, 1.54) is 11.0 Å². The second kappa shape index (κ2) is 12.7. The summed E-state index contributed by atoms with van der Waals surface area (Å²) in [7, 11) is 5.48. The first-order chi connectivity index (χ1) is 15.7. The number of hydrogen-bond acceptors (Lipinski definition) is 6. The number of likely N-dealkylation sites (N-methyl/N-ethyl adjacent to an activating group) is 2. The van der Waals surface area contributed by atoms with E-state index in [-0.39, 0.29) is 24.3 Å². The van der Waals surface area contributed by atoms with Gasteiger partial charge in [0.2, 0.25) is 11.8 Å². The quantitative estimate of drug-likeness (QED) is 0.510. The highest BCUT2D eigenvalue weighted by Crippen LogP contribution is 2.21. The Morgan fingerprint density at radius 2 is 1.97 bits per heavy atom. The van der Waals surface area contributed by atoms with Gasteiger partial charge in [0, 0.05) is 31.9 Å². The lowest BCUT2D eigenvalue weighted by Crippen LogP contribution is -2.39. The normalized spacial score (nSPS) is 12.1. The van der Waals surface area contributed by atoms with Crippen LogP contribution in [0.2, 0.25) is 0 Å². The monoisotopic (exact) mass is 452 g/mol. The summed E-state index contributed by atoms with van der Waals surface area (Å²) in [5.41, 5.74) is 3.92. The summed E-state index contributed by atoms with van der Waals surface area (Å²) in [5, 5.41) is 6.23. The molecule has 1 aromatic carbocycles. The molecule has 0 aliphatic rings. The highest BCUT2D eigenvalue weighted by Gasteiger charge is 2.13. The van der Waals surface area contributed by atoms with Crippen LogP contribution >= 0.6 is 0 Å². The van der Waals surface area contributed by atoms with Crippen molar-refractivity contribution in [2.75, 3.05) is 46.1 Å². The Morgan fingerprint density at radius 1 is 1.21 bits per heavy atom. The van der Waals surface area contributed by atoms with Gasteiger partial charge in [-0.25, -0.2) is 4.98 Å². The zero-order chi connectivity index (χ0) is 24.4. The van der Waals surface area contributed by atoms with Crippen LogP contribution < -0.4 is 10.6 Å². The summed E-state index contributed by atoms with van der Waals surface area (Å²) in [4.78, 5) is 36.8. The predicted molar refractivity (Wildman–Crippen MR) is 133 cm³/mol. The maximum absolute atomic E-state index is 12.3. The van der Waals surface area contributed by atoms with Gasteiger partial charge in [-0.2, -0.15) is 0 Å². The Labute approximate surface area is 197 Å². The molecule has 33 heavy (non-hydrogen) atoms. The van der Waals surface area contributed by atoms with Crippen molar-refractivity contribution in [3.8, 4) is 0 Å². The summed E-state index contributed by atoms with van der Waals surface area (Å²) in [6.07, 6.45) is 5.88. The van der Waals surface area contributed by atoms with Gasteiger partial charge in [-0.05, 0) is 51.1 Å². The van der Waals surface area contributed by atoms with Crippen LogP contribution in [-0.4, -0.2) is 72.4 Å². The van der Waals surface area contributed by atoms with E-state index < -0.39 is 0 Å². The summed E-state index contributed by atoms with van der Waals surface area (Å²) in [6, 6.07) is 8.03. The number of nitrogens with zero attached hydrogens (tertiary/aromatic N) is 4. The molecule has 2 aromatic rings. The van der Waals surface area contributed by atoms with E-state index in [0.29, 0.717) is 18.9 Å². The number of anilines is 2. The topological polar surface area (TPSA) is 90.5 Å². The minimum atomic E-state index is -0.191. The van der Waals surface area contributed by atoms with Gasteiger partial charge in [-0.15, -0.1) is 0 Å². The van der Waals surface area contributed by atoms with Crippen molar-refractivity contribution in [1.29, 1.82) is 0 Å². The van der Waals surface area contributed by atoms with Crippen LogP contribution in [0.15, 0.2) is 42.6 Å². The molecule has 0 saturated carbocycles. The van der Waals surface area contributed by atoms with Crippen LogP contribution in [-0.2, 0) is 16.0 Å². The Morgan fingerprint density at radius 3 is 2.64 bits per heavy atom. The van der Waals surface area contributed by atoms with E-state index in [9.17, 15) is 9.59 Å². The Bertz CT molecular complexity index is 973. The molecule has 1 aromatic heterocycles. The van der Waals surface area contributed by atoms with Crippen molar-refractivity contribution in [3.63, 3.8) is 0 Å². The number of aryl methyl sites for hydroxylation is 2. The molecule has 2 amide bonds. The predicted octanol–water partition coefficient (Wildman–Crippen LogP) is 2.89. The minimum Gasteiger partial charge on any atom is -0.354 e. The van der Waals surface area contributed by atoms with E-state index in [0.717, 1.165) is 29.1 Å². The second-order valence-corrected chi connectivity index (χ2v) is 8.46. The molecule has 0 spiro atoms. The third kappa shape index (κ3) is 8.65. The van der Waals surface area contributed by atoms with Crippen LogP contribution in [0.25, 0.3) is 0 Å². The first-order valence-electron chi connectivity index (χ1n) is 11.2. The number of carbonyl (C=O) groups is 2. The second-order valence-electron chi connectivity index (χ2n) is 8.46. The van der Waals surface area contributed by atoms with Crippen LogP contribution in [0.3, 0.4) is 0 Å². The molecule has 0 saturated heterocycles. The van der Waals surface area contributed by atoms with Gasteiger partial charge in [0.25, 0.3) is 0 Å². The number of benzene rings is 1. The Hall–Kier alpha value is -3.26. The number of hydrogen-bond donors (Lipinski definition) is 2. The fourth-order valence-corrected chi connectivity index (χ4v) is 3.21. The number of amides is 2.